The van der Waals surface area contributed by atoms with Gasteiger partial charge in [-0.15, -0.1) is 0 Å². The van der Waals surface area contributed by atoms with Crippen LogP contribution < -0.4 is 5.32 Å². The summed E-state index contributed by atoms with van der Waals surface area (Å²) < 4.78 is 0. The van der Waals surface area contributed by atoms with E-state index in [0.29, 0.717) is 11.2 Å². The van der Waals surface area contributed by atoms with Gasteiger partial charge in [0.25, 0.3) is 0 Å². The molecule has 0 radical (unpaired) electrons. The second-order valence-electron chi connectivity index (χ2n) is 4.97. The van der Waals surface area contributed by atoms with Crippen LogP contribution in [0.5, 0.6) is 0 Å². The van der Waals surface area contributed by atoms with E-state index in [-0.39, 0.29) is 0 Å². The van der Waals surface area contributed by atoms with E-state index in [1.165, 1.54) is 25.7 Å². The largest absolute Gasteiger partial charge is 0.367 e. The molecule has 2 aliphatic rings. The van der Waals surface area contributed by atoms with Gasteiger partial charge in [-0.25, -0.2) is 9.97 Å². The lowest BCUT2D eigenvalue weighted by molar-refractivity contribution is 0.767. The molecule has 16 heavy (non-hydrogen) atoms. The van der Waals surface area contributed by atoms with Gasteiger partial charge in [0.05, 0.1) is 0 Å². The molecule has 86 valence electrons. The Balaban J connectivity index is 1.84. The van der Waals surface area contributed by atoms with Crippen LogP contribution >= 0.6 is 11.6 Å². The highest BCUT2D eigenvalue weighted by Gasteiger charge is 2.25. The maximum atomic E-state index is 6.14. The molecule has 0 spiro atoms. The van der Waals surface area contributed by atoms with E-state index in [4.69, 9.17) is 11.6 Å². The standard InChI is InChI=1S/C12H16ClN3/c1-7-11(13)15-10(6-8-2-3-8)16-12(7)14-9-4-5-9/h8-9H,2-6H2,1H3,(H,14,15,16). The molecule has 1 N–H and O–H groups in total. The van der Waals surface area contributed by atoms with Crippen molar-refractivity contribution in [3.8, 4) is 0 Å². The minimum atomic E-state index is 0.605. The Morgan fingerprint density at radius 3 is 2.62 bits per heavy atom. The van der Waals surface area contributed by atoms with Crippen LogP contribution in [0.1, 0.15) is 37.1 Å². The number of hydrogen-bond acceptors (Lipinski definition) is 3. The summed E-state index contributed by atoms with van der Waals surface area (Å²) in [6.07, 6.45) is 6.12. The highest BCUT2D eigenvalue weighted by atomic mass is 35.5. The monoisotopic (exact) mass is 237 g/mol. The second kappa shape index (κ2) is 3.88. The molecule has 1 aromatic rings. The van der Waals surface area contributed by atoms with Gasteiger partial charge >= 0.3 is 0 Å². The van der Waals surface area contributed by atoms with E-state index < -0.39 is 0 Å². The second-order valence-corrected chi connectivity index (χ2v) is 5.33. The number of nitrogens with one attached hydrogen (secondary N) is 1. The van der Waals surface area contributed by atoms with Gasteiger partial charge in [0.2, 0.25) is 0 Å². The highest BCUT2D eigenvalue weighted by molar-refractivity contribution is 6.30. The molecule has 2 saturated carbocycles. The quantitative estimate of drug-likeness (QED) is 0.819. The van der Waals surface area contributed by atoms with Gasteiger partial charge in [0, 0.05) is 18.0 Å². The van der Waals surface area contributed by atoms with Crippen molar-refractivity contribution in [1.29, 1.82) is 0 Å². The first-order chi connectivity index (χ1) is 7.72. The zero-order valence-electron chi connectivity index (χ0n) is 9.46. The van der Waals surface area contributed by atoms with Gasteiger partial charge in [-0.1, -0.05) is 11.6 Å². The molecule has 0 aromatic carbocycles. The van der Waals surface area contributed by atoms with E-state index in [2.05, 4.69) is 15.3 Å². The summed E-state index contributed by atoms with van der Waals surface area (Å²) in [5.74, 6) is 2.65. The average Bonchev–Trinajstić information content (AvgIpc) is 3.08. The fraction of sp³-hybridized carbons (Fsp3) is 0.667. The van der Waals surface area contributed by atoms with Crippen molar-refractivity contribution in [1.82, 2.24) is 9.97 Å². The zero-order valence-corrected chi connectivity index (χ0v) is 10.2. The van der Waals surface area contributed by atoms with Gasteiger partial charge in [0.1, 0.15) is 16.8 Å². The topological polar surface area (TPSA) is 37.8 Å². The molecular formula is C12H16ClN3. The first kappa shape index (κ1) is 10.3. The summed E-state index contributed by atoms with van der Waals surface area (Å²) in [5, 5.41) is 4.03. The summed E-state index contributed by atoms with van der Waals surface area (Å²) in [6.45, 7) is 1.98. The lowest BCUT2D eigenvalue weighted by Crippen LogP contribution is -2.09. The third-order valence-electron chi connectivity index (χ3n) is 3.22. The Morgan fingerprint density at radius 2 is 2.00 bits per heavy atom. The Bertz CT molecular complexity index is 411. The lowest BCUT2D eigenvalue weighted by Gasteiger charge is -2.10. The molecular weight excluding hydrogens is 222 g/mol. The van der Waals surface area contributed by atoms with Crippen LogP contribution in [0.4, 0.5) is 5.82 Å². The van der Waals surface area contributed by atoms with E-state index in [1.54, 1.807) is 0 Å². The molecule has 0 amide bonds. The molecule has 0 aliphatic heterocycles. The predicted molar refractivity (Wildman–Crippen MR) is 64.9 cm³/mol. The fourth-order valence-electron chi connectivity index (χ4n) is 1.77. The van der Waals surface area contributed by atoms with Crippen molar-refractivity contribution >= 4 is 17.4 Å². The number of nitrogens with zero attached hydrogens (tertiary/aromatic N) is 2. The Hall–Kier alpha value is -0.830. The normalized spacial score (nSPS) is 19.9. The molecule has 1 heterocycles. The smallest absolute Gasteiger partial charge is 0.137 e. The maximum Gasteiger partial charge on any atom is 0.137 e. The van der Waals surface area contributed by atoms with Crippen molar-refractivity contribution in [2.45, 2.75) is 45.1 Å². The van der Waals surface area contributed by atoms with Gasteiger partial charge in [-0.05, 0) is 38.5 Å². The van der Waals surface area contributed by atoms with Crippen molar-refractivity contribution in [3.05, 3.63) is 16.5 Å². The molecule has 2 aliphatic carbocycles. The molecule has 0 atom stereocenters. The SMILES string of the molecule is Cc1c(Cl)nc(CC2CC2)nc1NC1CC1. The molecule has 0 unspecified atom stereocenters. The third kappa shape index (κ3) is 2.29. The molecule has 4 heteroatoms. The number of anilines is 1. The van der Waals surface area contributed by atoms with Crippen LogP contribution in [0.3, 0.4) is 0 Å². The zero-order chi connectivity index (χ0) is 11.1. The minimum Gasteiger partial charge on any atom is -0.367 e. The maximum absolute atomic E-state index is 6.14. The number of hydrogen-bond donors (Lipinski definition) is 1. The first-order valence-corrected chi connectivity index (χ1v) is 6.39. The molecule has 0 saturated heterocycles. The van der Waals surface area contributed by atoms with Crippen LogP contribution in [0.15, 0.2) is 0 Å². The summed E-state index contributed by atoms with van der Waals surface area (Å²) >= 11 is 6.14. The number of rotatable bonds is 4. The molecule has 0 bridgehead atoms. The summed E-state index contributed by atoms with van der Waals surface area (Å²) in [7, 11) is 0. The van der Waals surface area contributed by atoms with E-state index in [1.807, 2.05) is 6.92 Å². The molecule has 1 aromatic heterocycles. The Kier molecular flexibility index (Phi) is 2.51. The minimum absolute atomic E-state index is 0.605. The lowest BCUT2D eigenvalue weighted by atomic mass is 10.2. The number of halogens is 1. The van der Waals surface area contributed by atoms with Crippen molar-refractivity contribution in [2.75, 3.05) is 5.32 Å². The first-order valence-electron chi connectivity index (χ1n) is 6.02. The van der Waals surface area contributed by atoms with Crippen LogP contribution in [0, 0.1) is 12.8 Å². The summed E-state index contributed by atoms with van der Waals surface area (Å²) in [5.41, 5.74) is 0.980. The third-order valence-corrected chi connectivity index (χ3v) is 3.59. The van der Waals surface area contributed by atoms with E-state index >= 15 is 0 Å². The van der Waals surface area contributed by atoms with Crippen molar-refractivity contribution in [3.63, 3.8) is 0 Å². The Labute approximate surface area is 101 Å². The van der Waals surface area contributed by atoms with Crippen LogP contribution in [0.25, 0.3) is 0 Å². The summed E-state index contributed by atoms with van der Waals surface area (Å²) in [6, 6.07) is 0.610. The van der Waals surface area contributed by atoms with Gasteiger partial charge in [-0.3, -0.25) is 0 Å². The fourth-order valence-corrected chi connectivity index (χ4v) is 1.95. The van der Waals surface area contributed by atoms with Gasteiger partial charge in [0.15, 0.2) is 0 Å². The van der Waals surface area contributed by atoms with Gasteiger partial charge in [-0.2, -0.15) is 0 Å². The van der Waals surface area contributed by atoms with Crippen molar-refractivity contribution in [2.24, 2.45) is 5.92 Å². The van der Waals surface area contributed by atoms with Crippen LogP contribution in [-0.4, -0.2) is 16.0 Å². The molecule has 3 rings (SSSR count). The van der Waals surface area contributed by atoms with Crippen LogP contribution in [0.2, 0.25) is 5.15 Å². The molecule has 3 nitrogen and oxygen atoms in total. The van der Waals surface area contributed by atoms with E-state index in [9.17, 15) is 0 Å². The predicted octanol–water partition coefficient (Wildman–Crippen LogP) is 2.97. The number of aromatic nitrogens is 2. The van der Waals surface area contributed by atoms with Crippen LogP contribution in [-0.2, 0) is 6.42 Å². The Morgan fingerprint density at radius 1 is 1.25 bits per heavy atom. The van der Waals surface area contributed by atoms with E-state index in [0.717, 1.165) is 29.5 Å². The van der Waals surface area contributed by atoms with Gasteiger partial charge < -0.3 is 5.32 Å². The molecule has 2 fully saturated rings. The van der Waals surface area contributed by atoms with Crippen molar-refractivity contribution < 1.29 is 0 Å². The average molecular weight is 238 g/mol. The summed E-state index contributed by atoms with van der Waals surface area (Å²) in [4.78, 5) is 8.94. The highest BCUT2D eigenvalue weighted by Crippen LogP contribution is 2.33.